The summed E-state index contributed by atoms with van der Waals surface area (Å²) >= 11 is 0. The largest absolute Gasteiger partial charge is 0.242 e. The first-order valence-corrected chi connectivity index (χ1v) is 9.98. The lowest BCUT2D eigenvalue weighted by atomic mass is 9.34. The highest BCUT2D eigenvalue weighted by molar-refractivity contribution is 6.93. The number of fused-ring (bicyclic) bond motifs is 1. The van der Waals surface area contributed by atoms with Gasteiger partial charge in [-0.2, -0.15) is 0 Å². The van der Waals surface area contributed by atoms with E-state index in [1.807, 2.05) is 13.0 Å². The van der Waals surface area contributed by atoms with Crippen molar-refractivity contribution in [3.05, 3.63) is 107 Å². The molecule has 0 aliphatic rings. The van der Waals surface area contributed by atoms with Crippen LogP contribution in [0.4, 0.5) is 0 Å². The van der Waals surface area contributed by atoms with Crippen molar-refractivity contribution in [3.8, 4) is 0 Å². The molecule has 0 aliphatic carbocycles. The van der Waals surface area contributed by atoms with Gasteiger partial charge in [0.25, 0.3) is 0 Å². The molecule has 3 aromatic rings. The van der Waals surface area contributed by atoms with Gasteiger partial charge in [-0.25, -0.2) is 0 Å². The Hall–Kier alpha value is -2.80. The number of hydrogen-bond acceptors (Lipinski definition) is 0. The lowest BCUT2D eigenvalue weighted by Crippen LogP contribution is -2.48. The molecular formula is C27H29B. The van der Waals surface area contributed by atoms with Crippen molar-refractivity contribution >= 4 is 28.4 Å². The van der Waals surface area contributed by atoms with Gasteiger partial charge in [0.05, 0.1) is 0 Å². The highest BCUT2D eigenvalue weighted by Gasteiger charge is 2.28. The van der Waals surface area contributed by atoms with Crippen LogP contribution in [0.5, 0.6) is 0 Å². The van der Waals surface area contributed by atoms with Gasteiger partial charge in [0.1, 0.15) is 0 Å². The van der Waals surface area contributed by atoms with E-state index < -0.39 is 0 Å². The maximum absolute atomic E-state index is 4.52. The van der Waals surface area contributed by atoms with Crippen LogP contribution in [0.1, 0.15) is 29.2 Å². The Bertz CT molecular complexity index is 1080. The van der Waals surface area contributed by atoms with Gasteiger partial charge in [0, 0.05) is 0 Å². The van der Waals surface area contributed by atoms with Crippen LogP contribution in [0, 0.1) is 27.7 Å². The zero-order valence-corrected chi connectivity index (χ0v) is 17.7. The molecule has 0 radical (unpaired) electrons. The zero-order valence-electron chi connectivity index (χ0n) is 17.7. The van der Waals surface area contributed by atoms with E-state index in [1.54, 1.807) is 0 Å². The normalized spacial score (nSPS) is 11.6. The Morgan fingerprint density at radius 3 is 2.18 bits per heavy atom. The third kappa shape index (κ3) is 3.75. The molecule has 28 heavy (non-hydrogen) atoms. The molecule has 0 N–H and O–H groups in total. The van der Waals surface area contributed by atoms with E-state index >= 15 is 0 Å². The molecule has 3 rings (SSSR count). The van der Waals surface area contributed by atoms with Crippen molar-refractivity contribution in [2.45, 2.75) is 34.6 Å². The highest BCUT2D eigenvalue weighted by Crippen LogP contribution is 2.19. The molecule has 0 saturated carbocycles. The predicted octanol–water partition coefficient (Wildman–Crippen LogP) is 5.91. The Balaban J connectivity index is 2.35. The van der Waals surface area contributed by atoms with E-state index in [0.717, 1.165) is 5.47 Å². The average Bonchev–Trinajstić information content (AvgIpc) is 2.69. The predicted molar refractivity (Wildman–Crippen MR) is 127 cm³/mol. The summed E-state index contributed by atoms with van der Waals surface area (Å²) in [7, 11) is 0. The van der Waals surface area contributed by atoms with Crippen molar-refractivity contribution in [2.75, 3.05) is 0 Å². The maximum atomic E-state index is 4.52. The monoisotopic (exact) mass is 364 g/mol. The molecule has 0 amide bonds. The van der Waals surface area contributed by atoms with Gasteiger partial charge in [-0.05, 0) is 51.0 Å². The first-order chi connectivity index (χ1) is 13.5. The van der Waals surface area contributed by atoms with Crippen LogP contribution in [0.25, 0.3) is 10.8 Å². The molecule has 0 spiro atoms. The number of rotatable bonds is 5. The number of aryl methyl sites for hydroxylation is 3. The SMILES string of the molecule is C=C(/C=C\C=C/C)B(c1c(C)ccc(C)c1C)c1c(C)ccc2ccccc12. The second-order valence-corrected chi connectivity index (χ2v) is 7.65. The van der Waals surface area contributed by atoms with E-state index in [-0.39, 0.29) is 6.71 Å². The van der Waals surface area contributed by atoms with E-state index in [2.05, 4.69) is 101 Å². The van der Waals surface area contributed by atoms with Crippen molar-refractivity contribution in [1.82, 2.24) is 0 Å². The second kappa shape index (κ2) is 8.48. The lowest BCUT2D eigenvalue weighted by molar-refractivity contribution is 1.33. The molecular weight excluding hydrogens is 335 g/mol. The van der Waals surface area contributed by atoms with Gasteiger partial charge < -0.3 is 0 Å². The quantitative estimate of drug-likeness (QED) is 0.390. The standard InChI is InChI=1S/C27H29B/c1-7-8-9-12-22(5)28(26-20(3)16-15-19(2)23(26)6)27-21(4)17-18-24-13-10-11-14-25(24)27/h7-18H,5H2,1-4,6H3/b8-7-,12-9-. The van der Waals surface area contributed by atoms with Crippen LogP contribution in [0.2, 0.25) is 0 Å². The van der Waals surface area contributed by atoms with Gasteiger partial charge in [-0.1, -0.05) is 106 Å². The Morgan fingerprint density at radius 1 is 0.786 bits per heavy atom. The van der Waals surface area contributed by atoms with Crippen molar-refractivity contribution < 1.29 is 0 Å². The number of allylic oxidation sites excluding steroid dienone is 5. The van der Waals surface area contributed by atoms with Crippen molar-refractivity contribution in [1.29, 1.82) is 0 Å². The van der Waals surface area contributed by atoms with Gasteiger partial charge in [-0.15, -0.1) is 6.58 Å². The Kier molecular flexibility index (Phi) is 6.04. The minimum Gasteiger partial charge on any atom is -0.104 e. The summed E-state index contributed by atoms with van der Waals surface area (Å²) in [5.41, 5.74) is 9.19. The minimum absolute atomic E-state index is 0.132. The second-order valence-electron chi connectivity index (χ2n) is 7.65. The summed E-state index contributed by atoms with van der Waals surface area (Å²) in [6.07, 6.45) is 8.36. The van der Waals surface area contributed by atoms with Crippen LogP contribution in [0.15, 0.2) is 84.9 Å². The fraction of sp³-hybridized carbons (Fsp3) is 0.185. The Labute approximate surface area is 170 Å². The molecule has 0 heterocycles. The molecule has 0 atom stereocenters. The minimum atomic E-state index is 0.132. The summed E-state index contributed by atoms with van der Waals surface area (Å²) in [6, 6.07) is 17.6. The van der Waals surface area contributed by atoms with E-state index in [4.69, 9.17) is 0 Å². The van der Waals surface area contributed by atoms with Crippen LogP contribution in [-0.2, 0) is 0 Å². The summed E-state index contributed by atoms with van der Waals surface area (Å²) in [6.45, 7) is 15.6. The zero-order chi connectivity index (χ0) is 20.3. The van der Waals surface area contributed by atoms with Gasteiger partial charge in [0.15, 0.2) is 0 Å². The van der Waals surface area contributed by atoms with Gasteiger partial charge in [-0.3, -0.25) is 0 Å². The Morgan fingerprint density at radius 2 is 1.43 bits per heavy atom. The topological polar surface area (TPSA) is 0 Å². The van der Waals surface area contributed by atoms with E-state index in [0.29, 0.717) is 0 Å². The molecule has 0 aliphatic heterocycles. The van der Waals surface area contributed by atoms with E-state index in [1.165, 1.54) is 44.0 Å². The fourth-order valence-electron chi connectivity index (χ4n) is 4.11. The van der Waals surface area contributed by atoms with Crippen LogP contribution in [-0.4, -0.2) is 6.71 Å². The number of benzene rings is 3. The van der Waals surface area contributed by atoms with Crippen molar-refractivity contribution in [2.24, 2.45) is 0 Å². The summed E-state index contributed by atoms with van der Waals surface area (Å²) in [4.78, 5) is 0. The molecule has 0 aromatic heterocycles. The maximum Gasteiger partial charge on any atom is 0.242 e. The first kappa shape index (κ1) is 20.0. The van der Waals surface area contributed by atoms with Gasteiger partial charge in [0.2, 0.25) is 6.71 Å². The smallest absolute Gasteiger partial charge is 0.104 e. The fourth-order valence-corrected chi connectivity index (χ4v) is 4.11. The van der Waals surface area contributed by atoms with E-state index in [9.17, 15) is 0 Å². The van der Waals surface area contributed by atoms with Gasteiger partial charge >= 0.3 is 0 Å². The van der Waals surface area contributed by atoms with Crippen LogP contribution >= 0.6 is 0 Å². The average molecular weight is 364 g/mol. The lowest BCUT2D eigenvalue weighted by Gasteiger charge is -2.24. The highest BCUT2D eigenvalue weighted by atomic mass is 14.1. The number of hydrogen-bond donors (Lipinski definition) is 0. The molecule has 0 saturated heterocycles. The molecule has 3 aromatic carbocycles. The molecule has 140 valence electrons. The third-order valence-electron chi connectivity index (χ3n) is 5.75. The molecule has 0 bridgehead atoms. The summed E-state index contributed by atoms with van der Waals surface area (Å²) < 4.78 is 0. The molecule has 0 fully saturated rings. The third-order valence-corrected chi connectivity index (χ3v) is 5.75. The van der Waals surface area contributed by atoms with Crippen LogP contribution < -0.4 is 10.9 Å². The van der Waals surface area contributed by atoms with Crippen molar-refractivity contribution in [3.63, 3.8) is 0 Å². The molecule has 0 unspecified atom stereocenters. The van der Waals surface area contributed by atoms with Crippen LogP contribution in [0.3, 0.4) is 0 Å². The molecule has 0 nitrogen and oxygen atoms in total. The molecule has 1 heteroatoms. The summed E-state index contributed by atoms with van der Waals surface area (Å²) in [5, 5.41) is 2.59. The summed E-state index contributed by atoms with van der Waals surface area (Å²) in [5.74, 6) is 0. The first-order valence-electron chi connectivity index (χ1n) is 9.98.